The van der Waals surface area contributed by atoms with Gasteiger partial charge < -0.3 is 16.4 Å². The first kappa shape index (κ1) is 20.6. The Hall–Kier alpha value is -2.95. The van der Waals surface area contributed by atoms with Crippen LogP contribution in [0.4, 0.5) is 11.8 Å². The van der Waals surface area contributed by atoms with Gasteiger partial charge in [0.05, 0.1) is 9.92 Å². The fourth-order valence-corrected chi connectivity index (χ4v) is 6.19. The van der Waals surface area contributed by atoms with Crippen LogP contribution in [0, 0.1) is 5.41 Å². The first-order chi connectivity index (χ1) is 16.1. The van der Waals surface area contributed by atoms with Crippen LogP contribution in [-0.2, 0) is 6.42 Å². The summed E-state index contributed by atoms with van der Waals surface area (Å²) >= 11 is 7.78. The molecular formula is C22H22ClN9S. The molecular weight excluding hydrogens is 458 g/mol. The molecule has 0 saturated carbocycles. The van der Waals surface area contributed by atoms with Crippen molar-refractivity contribution in [2.45, 2.75) is 35.1 Å². The molecule has 9 nitrogen and oxygen atoms in total. The molecule has 168 valence electrons. The van der Waals surface area contributed by atoms with Crippen LogP contribution in [0.25, 0.3) is 5.65 Å². The zero-order valence-corrected chi connectivity index (χ0v) is 19.3. The second-order valence-corrected chi connectivity index (χ2v) is 10.1. The smallest absolute Gasteiger partial charge is 0.212 e. The molecule has 6 rings (SSSR count). The van der Waals surface area contributed by atoms with Crippen LogP contribution in [0.5, 0.6) is 0 Å². The highest BCUT2D eigenvalue weighted by atomic mass is 35.5. The van der Waals surface area contributed by atoms with Gasteiger partial charge in [-0.15, -0.1) is 10.2 Å². The number of fused-ring (bicyclic) bond motifs is 2. The number of rotatable bonds is 3. The summed E-state index contributed by atoms with van der Waals surface area (Å²) in [7, 11) is 0. The number of nitrogens with two attached hydrogens (primary N) is 2. The number of anilines is 2. The number of hydrogen-bond acceptors (Lipinski definition) is 9. The lowest BCUT2D eigenvalue weighted by Gasteiger charge is -2.42. The van der Waals surface area contributed by atoms with Gasteiger partial charge in [-0.2, -0.15) is 0 Å². The van der Waals surface area contributed by atoms with Gasteiger partial charge in [0.15, 0.2) is 5.65 Å². The quantitative estimate of drug-likeness (QED) is 0.455. The van der Waals surface area contributed by atoms with E-state index >= 15 is 0 Å². The summed E-state index contributed by atoms with van der Waals surface area (Å²) < 4.78 is 1.94. The largest absolute Gasteiger partial charge is 0.382 e. The van der Waals surface area contributed by atoms with Gasteiger partial charge >= 0.3 is 0 Å². The standard InChI is InChI=1S/C22H22ClN9S/c23-17-15(2-6-27-19(17)25)33-16-11-28-21(32-12-29-30-20(16)32)31-7-3-22(4-8-31)9-13-1-5-26-10-14(13)18(22)24/h1-2,5-6,10-12,18H,3-4,7-9,24H2,(H2,25,27)/t18-/m1/s1. The number of halogens is 1. The molecule has 5 heterocycles. The Kier molecular flexibility index (Phi) is 4.89. The Bertz CT molecular complexity index is 1350. The summed E-state index contributed by atoms with van der Waals surface area (Å²) in [5.74, 6) is 1.13. The summed E-state index contributed by atoms with van der Waals surface area (Å²) in [6, 6.07) is 3.96. The van der Waals surface area contributed by atoms with Gasteiger partial charge in [0, 0.05) is 48.8 Å². The van der Waals surface area contributed by atoms with Gasteiger partial charge in [0.25, 0.3) is 0 Å². The molecule has 1 aliphatic carbocycles. The van der Waals surface area contributed by atoms with Gasteiger partial charge in [0.2, 0.25) is 5.95 Å². The fraction of sp³-hybridized carbons (Fsp3) is 0.318. The first-order valence-electron chi connectivity index (χ1n) is 10.8. The SMILES string of the molecule is Nc1nccc(Sc2cnc(N3CCC4(CC3)Cc3ccncc3[C@H]4N)n3cnnc23)c1Cl. The van der Waals surface area contributed by atoms with Crippen molar-refractivity contribution < 1.29 is 0 Å². The molecule has 0 bridgehead atoms. The summed E-state index contributed by atoms with van der Waals surface area (Å²) in [5.41, 5.74) is 15.9. The van der Waals surface area contributed by atoms with Gasteiger partial charge in [-0.1, -0.05) is 23.4 Å². The van der Waals surface area contributed by atoms with E-state index < -0.39 is 0 Å². The fourth-order valence-electron chi connectivity index (χ4n) is 5.07. The zero-order valence-electron chi connectivity index (χ0n) is 17.7. The number of piperidine rings is 1. The summed E-state index contributed by atoms with van der Waals surface area (Å²) in [6.07, 6.45) is 12.0. The number of nitrogens with zero attached hydrogens (tertiary/aromatic N) is 7. The third-order valence-corrected chi connectivity index (χ3v) is 8.48. The minimum absolute atomic E-state index is 0.0302. The highest BCUT2D eigenvalue weighted by Crippen LogP contribution is 2.50. The highest BCUT2D eigenvalue weighted by molar-refractivity contribution is 7.99. The van der Waals surface area contributed by atoms with E-state index in [1.54, 1.807) is 12.5 Å². The third-order valence-electron chi connectivity index (χ3n) is 6.91. The van der Waals surface area contributed by atoms with Crippen LogP contribution >= 0.6 is 23.4 Å². The number of pyridine rings is 2. The van der Waals surface area contributed by atoms with Crippen molar-refractivity contribution in [3.05, 3.63) is 59.4 Å². The van der Waals surface area contributed by atoms with E-state index in [-0.39, 0.29) is 11.5 Å². The highest BCUT2D eigenvalue weighted by Gasteiger charge is 2.46. The second-order valence-electron chi connectivity index (χ2n) is 8.64. The minimum Gasteiger partial charge on any atom is -0.382 e. The molecule has 0 aromatic carbocycles. The van der Waals surface area contributed by atoms with Crippen molar-refractivity contribution in [1.29, 1.82) is 0 Å². The predicted octanol–water partition coefficient (Wildman–Crippen LogP) is 3.14. The van der Waals surface area contributed by atoms with Crippen molar-refractivity contribution in [3.63, 3.8) is 0 Å². The van der Waals surface area contributed by atoms with Crippen molar-refractivity contribution in [1.82, 2.24) is 29.5 Å². The maximum Gasteiger partial charge on any atom is 0.212 e. The van der Waals surface area contributed by atoms with E-state index in [1.165, 1.54) is 22.9 Å². The molecule has 33 heavy (non-hydrogen) atoms. The number of nitrogen functional groups attached to an aromatic ring is 1. The molecule has 0 unspecified atom stereocenters. The Morgan fingerprint density at radius 2 is 1.94 bits per heavy atom. The average Bonchev–Trinajstić information content (AvgIpc) is 3.42. The van der Waals surface area contributed by atoms with E-state index in [2.05, 4.69) is 31.1 Å². The van der Waals surface area contributed by atoms with Crippen LogP contribution in [0.1, 0.15) is 30.0 Å². The van der Waals surface area contributed by atoms with Gasteiger partial charge in [0.1, 0.15) is 12.1 Å². The lowest BCUT2D eigenvalue weighted by molar-refractivity contribution is 0.186. The van der Waals surface area contributed by atoms with Crippen LogP contribution in [0.3, 0.4) is 0 Å². The van der Waals surface area contributed by atoms with Crippen LogP contribution in [-0.4, -0.2) is 42.6 Å². The van der Waals surface area contributed by atoms with Crippen LogP contribution in [0.15, 0.2) is 53.0 Å². The van der Waals surface area contributed by atoms with E-state index in [0.717, 1.165) is 53.7 Å². The van der Waals surface area contributed by atoms with E-state index in [1.807, 2.05) is 29.1 Å². The van der Waals surface area contributed by atoms with Crippen molar-refractivity contribution >= 4 is 40.8 Å². The molecule has 2 aliphatic rings. The minimum atomic E-state index is 0.0302. The Labute approximate surface area is 199 Å². The molecule has 0 radical (unpaired) electrons. The second kappa shape index (κ2) is 7.82. The van der Waals surface area contributed by atoms with Crippen LogP contribution < -0.4 is 16.4 Å². The third kappa shape index (κ3) is 3.32. The van der Waals surface area contributed by atoms with Gasteiger partial charge in [-0.05, 0) is 47.9 Å². The lowest BCUT2D eigenvalue weighted by Crippen LogP contribution is -2.45. The molecule has 1 atom stereocenters. The van der Waals surface area contributed by atoms with E-state index in [0.29, 0.717) is 10.8 Å². The summed E-state index contributed by atoms with van der Waals surface area (Å²) in [4.78, 5) is 17.0. The predicted molar refractivity (Wildman–Crippen MR) is 127 cm³/mol. The average molecular weight is 480 g/mol. The lowest BCUT2D eigenvalue weighted by atomic mass is 9.73. The van der Waals surface area contributed by atoms with E-state index in [9.17, 15) is 0 Å². The molecule has 1 spiro atoms. The Balaban J connectivity index is 1.25. The molecule has 11 heteroatoms. The topological polar surface area (TPSA) is 124 Å². The zero-order chi connectivity index (χ0) is 22.6. The molecule has 1 saturated heterocycles. The van der Waals surface area contributed by atoms with Crippen molar-refractivity contribution in [3.8, 4) is 0 Å². The normalized spacial score (nSPS) is 19.3. The van der Waals surface area contributed by atoms with Gasteiger partial charge in [-0.3, -0.25) is 4.98 Å². The number of hydrogen-bond donors (Lipinski definition) is 2. The van der Waals surface area contributed by atoms with Gasteiger partial charge in [-0.25, -0.2) is 14.4 Å². The molecule has 4 aromatic heterocycles. The Morgan fingerprint density at radius 1 is 1.09 bits per heavy atom. The molecule has 1 aliphatic heterocycles. The maximum atomic E-state index is 6.70. The van der Waals surface area contributed by atoms with Crippen LogP contribution in [0.2, 0.25) is 5.02 Å². The molecule has 0 amide bonds. The van der Waals surface area contributed by atoms with E-state index in [4.69, 9.17) is 28.1 Å². The maximum absolute atomic E-state index is 6.70. The first-order valence-corrected chi connectivity index (χ1v) is 11.9. The monoisotopic (exact) mass is 479 g/mol. The molecule has 1 fully saturated rings. The molecule has 4 aromatic rings. The summed E-state index contributed by atoms with van der Waals surface area (Å²) in [5, 5.41) is 8.91. The number of aromatic nitrogens is 6. The summed E-state index contributed by atoms with van der Waals surface area (Å²) in [6.45, 7) is 1.74. The molecule has 4 N–H and O–H groups in total. The van der Waals surface area contributed by atoms with Crippen molar-refractivity contribution in [2.75, 3.05) is 23.7 Å². The Morgan fingerprint density at radius 3 is 2.76 bits per heavy atom. The van der Waals surface area contributed by atoms with Crippen molar-refractivity contribution in [2.24, 2.45) is 11.1 Å².